The molecular formula is C23H29N3O3. The summed E-state index contributed by atoms with van der Waals surface area (Å²) in [6.45, 7) is 5.46. The highest BCUT2D eigenvalue weighted by atomic mass is 16.5. The molecule has 0 spiro atoms. The minimum Gasteiger partial charge on any atom is -0.493 e. The number of anilines is 1. The third-order valence-electron chi connectivity index (χ3n) is 5.91. The van der Waals surface area contributed by atoms with Gasteiger partial charge in [-0.25, -0.2) is 0 Å². The molecule has 0 radical (unpaired) electrons. The maximum absolute atomic E-state index is 12.9. The van der Waals surface area contributed by atoms with E-state index in [0.717, 1.165) is 57.2 Å². The highest BCUT2D eigenvalue weighted by Crippen LogP contribution is 2.33. The second-order valence-corrected chi connectivity index (χ2v) is 7.64. The lowest BCUT2D eigenvalue weighted by Gasteiger charge is -2.37. The summed E-state index contributed by atoms with van der Waals surface area (Å²) in [6.07, 6.45) is 0.921. The molecular weight excluding hydrogens is 366 g/mol. The van der Waals surface area contributed by atoms with E-state index in [-0.39, 0.29) is 5.91 Å². The van der Waals surface area contributed by atoms with Crippen molar-refractivity contribution >= 4 is 11.6 Å². The molecule has 1 saturated heterocycles. The number of amides is 1. The zero-order chi connectivity index (χ0) is 20.2. The van der Waals surface area contributed by atoms with Gasteiger partial charge in [0.1, 0.15) is 0 Å². The van der Waals surface area contributed by atoms with Crippen LogP contribution < -0.4 is 14.4 Å². The summed E-state index contributed by atoms with van der Waals surface area (Å²) >= 11 is 0. The first-order chi connectivity index (χ1) is 14.2. The van der Waals surface area contributed by atoms with Crippen LogP contribution in [0.15, 0.2) is 42.5 Å². The Bertz CT molecular complexity index is 848. The van der Waals surface area contributed by atoms with Crippen LogP contribution >= 0.6 is 0 Å². The van der Waals surface area contributed by atoms with Crippen molar-refractivity contribution in [1.82, 2.24) is 9.80 Å². The fourth-order valence-corrected chi connectivity index (χ4v) is 4.22. The first-order valence-corrected chi connectivity index (χ1v) is 10.2. The number of carbonyl (C=O) groups excluding carboxylic acids is 1. The highest BCUT2D eigenvalue weighted by Gasteiger charge is 2.25. The van der Waals surface area contributed by atoms with Gasteiger partial charge in [0.25, 0.3) is 0 Å². The Morgan fingerprint density at radius 1 is 0.897 bits per heavy atom. The molecule has 2 aliphatic heterocycles. The Hall–Kier alpha value is -2.73. The number of hydrogen-bond acceptors (Lipinski definition) is 5. The first kappa shape index (κ1) is 19.6. The molecule has 1 amide bonds. The standard InChI is InChI=1S/C23H29N3O3/c1-28-21-14-18-8-9-24(16-19(18)15-22(21)29-2)17-23(27)26-12-10-25(11-13-26)20-6-4-3-5-7-20/h3-7,14-15H,8-13,16-17H2,1-2H3. The fraction of sp³-hybridized carbons (Fsp3) is 0.435. The number of fused-ring (bicyclic) bond motifs is 1. The van der Waals surface area contributed by atoms with Crippen LogP contribution in [0.4, 0.5) is 5.69 Å². The fourth-order valence-electron chi connectivity index (χ4n) is 4.22. The predicted octanol–water partition coefficient (Wildman–Crippen LogP) is 2.41. The summed E-state index contributed by atoms with van der Waals surface area (Å²) in [5.74, 6) is 1.74. The van der Waals surface area contributed by atoms with E-state index in [1.54, 1.807) is 14.2 Å². The van der Waals surface area contributed by atoms with Crippen molar-refractivity contribution in [2.45, 2.75) is 13.0 Å². The number of methoxy groups -OCH3 is 2. The molecule has 2 aliphatic rings. The van der Waals surface area contributed by atoms with Gasteiger partial charge < -0.3 is 19.3 Å². The van der Waals surface area contributed by atoms with Gasteiger partial charge in [-0.3, -0.25) is 9.69 Å². The van der Waals surface area contributed by atoms with Crippen molar-refractivity contribution in [2.75, 3.05) is 58.4 Å². The van der Waals surface area contributed by atoms with Gasteiger partial charge in [-0.05, 0) is 41.8 Å². The van der Waals surface area contributed by atoms with E-state index < -0.39 is 0 Å². The third-order valence-corrected chi connectivity index (χ3v) is 5.91. The lowest BCUT2D eigenvalue weighted by Crippen LogP contribution is -2.51. The van der Waals surface area contributed by atoms with Gasteiger partial charge in [-0.15, -0.1) is 0 Å². The average molecular weight is 396 g/mol. The number of benzene rings is 2. The van der Waals surface area contributed by atoms with Crippen molar-refractivity contribution in [3.05, 3.63) is 53.6 Å². The van der Waals surface area contributed by atoms with Crippen LogP contribution in [-0.2, 0) is 17.8 Å². The average Bonchev–Trinajstić information content (AvgIpc) is 2.78. The summed E-state index contributed by atoms with van der Waals surface area (Å²) in [6, 6.07) is 14.5. The van der Waals surface area contributed by atoms with Gasteiger partial charge in [0.15, 0.2) is 11.5 Å². The summed E-state index contributed by atoms with van der Waals surface area (Å²) in [5.41, 5.74) is 3.73. The number of para-hydroxylation sites is 1. The molecule has 29 heavy (non-hydrogen) atoms. The van der Waals surface area contributed by atoms with Gasteiger partial charge in [0.05, 0.1) is 20.8 Å². The Kier molecular flexibility index (Phi) is 5.90. The van der Waals surface area contributed by atoms with Crippen LogP contribution in [0, 0.1) is 0 Å². The van der Waals surface area contributed by atoms with Gasteiger partial charge >= 0.3 is 0 Å². The summed E-state index contributed by atoms with van der Waals surface area (Å²) < 4.78 is 10.8. The number of nitrogens with zero attached hydrogens (tertiary/aromatic N) is 3. The van der Waals surface area contributed by atoms with Crippen LogP contribution in [0.25, 0.3) is 0 Å². The van der Waals surface area contributed by atoms with Crippen molar-refractivity contribution in [2.24, 2.45) is 0 Å². The van der Waals surface area contributed by atoms with E-state index in [1.807, 2.05) is 17.0 Å². The topological polar surface area (TPSA) is 45.3 Å². The molecule has 6 heteroatoms. The number of carbonyl (C=O) groups is 1. The molecule has 0 bridgehead atoms. The minimum absolute atomic E-state index is 0.224. The van der Waals surface area contributed by atoms with Crippen molar-refractivity contribution in [3.63, 3.8) is 0 Å². The van der Waals surface area contributed by atoms with E-state index in [1.165, 1.54) is 16.8 Å². The van der Waals surface area contributed by atoms with E-state index >= 15 is 0 Å². The monoisotopic (exact) mass is 395 g/mol. The first-order valence-electron chi connectivity index (χ1n) is 10.2. The van der Waals surface area contributed by atoms with Crippen LogP contribution in [0.5, 0.6) is 11.5 Å². The van der Waals surface area contributed by atoms with Gasteiger partial charge in [-0.1, -0.05) is 18.2 Å². The maximum Gasteiger partial charge on any atom is 0.236 e. The molecule has 0 N–H and O–H groups in total. The molecule has 4 rings (SSSR count). The molecule has 6 nitrogen and oxygen atoms in total. The number of rotatable bonds is 5. The van der Waals surface area contributed by atoms with Crippen molar-refractivity contribution < 1.29 is 14.3 Å². The lowest BCUT2D eigenvalue weighted by molar-refractivity contribution is -0.132. The Morgan fingerprint density at radius 2 is 1.55 bits per heavy atom. The molecule has 0 atom stereocenters. The Morgan fingerprint density at radius 3 is 2.21 bits per heavy atom. The van der Waals surface area contributed by atoms with Crippen LogP contribution in [0.2, 0.25) is 0 Å². The SMILES string of the molecule is COc1cc2c(cc1OC)CN(CC(=O)N1CCN(c3ccccc3)CC1)CC2. The number of ether oxygens (including phenoxy) is 2. The molecule has 0 unspecified atom stereocenters. The molecule has 1 fully saturated rings. The summed E-state index contributed by atoms with van der Waals surface area (Å²) in [5, 5.41) is 0. The van der Waals surface area contributed by atoms with E-state index in [4.69, 9.17) is 9.47 Å². The normalized spacial score (nSPS) is 17.0. The molecule has 0 aromatic heterocycles. The largest absolute Gasteiger partial charge is 0.493 e. The van der Waals surface area contributed by atoms with Crippen molar-refractivity contribution in [1.29, 1.82) is 0 Å². The zero-order valence-electron chi connectivity index (χ0n) is 17.3. The second-order valence-electron chi connectivity index (χ2n) is 7.64. The number of piperazine rings is 1. The maximum atomic E-state index is 12.9. The summed E-state index contributed by atoms with van der Waals surface area (Å²) in [4.78, 5) is 19.5. The minimum atomic E-state index is 0.224. The Balaban J connectivity index is 1.33. The van der Waals surface area contributed by atoms with Crippen LogP contribution in [0.3, 0.4) is 0 Å². The van der Waals surface area contributed by atoms with E-state index in [0.29, 0.717) is 6.54 Å². The molecule has 154 valence electrons. The zero-order valence-corrected chi connectivity index (χ0v) is 17.3. The predicted molar refractivity (Wildman–Crippen MR) is 114 cm³/mol. The highest BCUT2D eigenvalue weighted by molar-refractivity contribution is 5.78. The Labute approximate surface area is 172 Å². The second kappa shape index (κ2) is 8.74. The quantitative estimate of drug-likeness (QED) is 0.778. The molecule has 0 aliphatic carbocycles. The van der Waals surface area contributed by atoms with E-state index in [9.17, 15) is 4.79 Å². The molecule has 2 aromatic rings. The number of hydrogen-bond donors (Lipinski definition) is 0. The summed E-state index contributed by atoms with van der Waals surface area (Å²) in [7, 11) is 3.32. The molecule has 2 heterocycles. The van der Waals surface area contributed by atoms with Crippen molar-refractivity contribution in [3.8, 4) is 11.5 Å². The van der Waals surface area contributed by atoms with Gasteiger partial charge in [0, 0.05) is 45.0 Å². The van der Waals surface area contributed by atoms with Crippen LogP contribution in [0.1, 0.15) is 11.1 Å². The smallest absolute Gasteiger partial charge is 0.236 e. The van der Waals surface area contributed by atoms with Gasteiger partial charge in [0.2, 0.25) is 5.91 Å². The lowest BCUT2D eigenvalue weighted by atomic mass is 9.98. The van der Waals surface area contributed by atoms with Gasteiger partial charge in [-0.2, -0.15) is 0 Å². The molecule has 2 aromatic carbocycles. The third kappa shape index (κ3) is 4.32. The molecule has 0 saturated carbocycles. The van der Waals surface area contributed by atoms with E-state index in [2.05, 4.69) is 40.1 Å². The van der Waals surface area contributed by atoms with Crippen LogP contribution in [-0.4, -0.2) is 69.2 Å².